The van der Waals surface area contributed by atoms with Crippen LogP contribution in [0.5, 0.6) is 0 Å². The van der Waals surface area contributed by atoms with E-state index in [1.807, 2.05) is 0 Å². The van der Waals surface area contributed by atoms with Crippen molar-refractivity contribution in [2.45, 2.75) is 142 Å². The Morgan fingerprint density at radius 3 is 0.533 bits per heavy atom. The molecule has 530 valence electrons. The SMILES string of the molecule is C=CC(=O)OCC(F)(OC(F)(F)C(C(F)(F)OC(F)(F)C(C(F)(F)OC(C)(F)C(F)(F)F)(C(F)(F)OC(C)(F)C(F)(F)F)C(F)(F)OC(C)(F)C(F)(F)F)(C(F)(F)OC(F)(COC(=O)C=C)C(F)(F)F)C(F)(F)OC(F)(COC(=O)C=C)C(F)(F)F)C(F)(F)F. The van der Waals surface area contributed by atoms with E-state index in [0.717, 1.165) is 4.74 Å². The van der Waals surface area contributed by atoms with E-state index in [-0.39, 0.29) is 0 Å². The number of carbonyl (C=O) groups excluding carboxylic acids is 3. The first-order valence-corrected chi connectivity index (χ1v) is 20.7. The van der Waals surface area contributed by atoms with Crippen LogP contribution in [0, 0.1) is 10.8 Å². The Bertz CT molecular complexity index is 2310. The second-order valence-electron chi connectivity index (χ2n) is 16.7. The Morgan fingerprint density at radius 2 is 0.400 bits per heavy atom. The van der Waals surface area contributed by atoms with Crippen LogP contribution in [0.15, 0.2) is 38.0 Å². The maximum Gasteiger partial charge on any atom is 0.452 e. The maximum atomic E-state index is 17.2. The third-order valence-corrected chi connectivity index (χ3v) is 10.1. The molecule has 0 rings (SSSR count). The van der Waals surface area contributed by atoms with E-state index in [4.69, 9.17) is 0 Å². The second-order valence-corrected chi connectivity index (χ2v) is 16.7. The predicted octanol–water partition coefficient (Wildman–Crippen LogP) is 14.4. The second kappa shape index (κ2) is 24.8. The van der Waals surface area contributed by atoms with E-state index in [9.17, 15) is 107 Å². The minimum Gasteiger partial charge on any atom is -0.456 e. The molecule has 0 saturated heterocycles. The summed E-state index contributed by atoms with van der Waals surface area (Å²) in [5, 5.41) is 0. The fraction of sp³-hybridized carbons (Fsp3) is 0.757. The zero-order valence-electron chi connectivity index (χ0n) is 41.9. The smallest absolute Gasteiger partial charge is 0.452 e. The van der Waals surface area contributed by atoms with Gasteiger partial charge >= 0.3 is 150 Å². The Balaban J connectivity index is 11.4. The molecule has 6 atom stereocenters. The summed E-state index contributed by atoms with van der Waals surface area (Å²) in [5.41, 5.74) is -22.2. The van der Waals surface area contributed by atoms with Crippen LogP contribution in [0.3, 0.4) is 0 Å². The maximum absolute atomic E-state index is 17.2. The molecule has 0 amide bonds. The van der Waals surface area contributed by atoms with Crippen molar-refractivity contribution in [2.75, 3.05) is 19.8 Å². The molecular formula is C37H24F40O13. The predicted molar refractivity (Wildman–Crippen MR) is 192 cm³/mol. The van der Waals surface area contributed by atoms with E-state index in [1.54, 1.807) is 14.2 Å². The number of hydrogen-bond donors (Lipinski definition) is 0. The van der Waals surface area contributed by atoms with Crippen molar-refractivity contribution in [1.82, 2.24) is 0 Å². The van der Waals surface area contributed by atoms with E-state index in [0.29, 0.717) is 0 Å². The van der Waals surface area contributed by atoms with Crippen LogP contribution >= 0.6 is 0 Å². The van der Waals surface area contributed by atoms with Gasteiger partial charge in [0.15, 0.2) is 19.8 Å². The highest BCUT2D eigenvalue weighted by molar-refractivity contribution is 5.81. The van der Waals surface area contributed by atoms with E-state index < -0.39 is 209 Å². The quantitative estimate of drug-likeness (QED) is 0.0281. The van der Waals surface area contributed by atoms with Crippen molar-refractivity contribution in [3.05, 3.63) is 38.0 Å². The van der Waals surface area contributed by atoms with Crippen LogP contribution in [0.1, 0.15) is 20.8 Å². The fourth-order valence-electron chi connectivity index (χ4n) is 5.49. The van der Waals surface area contributed by atoms with Crippen molar-refractivity contribution < 1.29 is 237 Å². The third kappa shape index (κ3) is 15.8. The number of alkyl halides is 40. The molecule has 0 fully saturated rings. The summed E-state index contributed by atoms with van der Waals surface area (Å²) in [6.45, 7) is -13.6. The topological polar surface area (TPSA) is 144 Å². The van der Waals surface area contributed by atoms with Crippen LogP contribution in [0.25, 0.3) is 0 Å². The van der Waals surface area contributed by atoms with Crippen LogP contribution in [-0.4, -0.2) is 159 Å². The minimum absolute atomic E-state index is 0.757. The Morgan fingerprint density at radius 1 is 0.256 bits per heavy atom. The normalized spacial score (nSPS) is 20.0. The Hall–Kier alpha value is -5.45. The summed E-state index contributed by atoms with van der Waals surface area (Å²) < 4.78 is 628. The van der Waals surface area contributed by atoms with Crippen molar-refractivity contribution >= 4 is 17.9 Å². The van der Waals surface area contributed by atoms with Gasteiger partial charge in [-0.3, -0.25) is 33.2 Å². The van der Waals surface area contributed by atoms with Gasteiger partial charge in [0.2, 0.25) is 0 Å². The van der Waals surface area contributed by atoms with Crippen LogP contribution in [0.2, 0.25) is 0 Å². The number of hydrogen-bond acceptors (Lipinski definition) is 13. The average molecular weight is 1440 g/mol. The minimum atomic E-state index is -11.2. The third-order valence-electron chi connectivity index (χ3n) is 10.1. The highest BCUT2D eigenvalue weighted by atomic mass is 19.4. The zero-order valence-corrected chi connectivity index (χ0v) is 41.9. The molecule has 0 aliphatic heterocycles. The summed E-state index contributed by atoms with van der Waals surface area (Å²) in [5.74, 6) is -56.5. The van der Waals surface area contributed by atoms with E-state index in [1.165, 1.54) is 14.2 Å². The van der Waals surface area contributed by atoms with Crippen molar-refractivity contribution in [3.63, 3.8) is 0 Å². The lowest BCUT2D eigenvalue weighted by atomic mass is 9.78. The van der Waals surface area contributed by atoms with E-state index in [2.05, 4.69) is 33.9 Å². The molecule has 0 N–H and O–H groups in total. The molecule has 0 radical (unpaired) electrons. The van der Waals surface area contributed by atoms with Gasteiger partial charge in [0, 0.05) is 39.0 Å². The van der Waals surface area contributed by atoms with Gasteiger partial charge in [-0.2, -0.15) is 162 Å². The van der Waals surface area contributed by atoms with Gasteiger partial charge in [0.1, 0.15) is 0 Å². The molecule has 6 unspecified atom stereocenters. The average Bonchev–Trinajstić information content (AvgIpc) is 0.672. The highest BCUT2D eigenvalue weighted by Gasteiger charge is 3.02. The summed E-state index contributed by atoms with van der Waals surface area (Å²) in [4.78, 5) is 34.3. The fourth-order valence-corrected chi connectivity index (χ4v) is 5.49. The largest absolute Gasteiger partial charge is 0.456 e. The van der Waals surface area contributed by atoms with Crippen molar-refractivity contribution in [2.24, 2.45) is 10.8 Å². The first-order valence-electron chi connectivity index (χ1n) is 20.7. The Kier molecular flexibility index (Phi) is 23.3. The standard InChI is InChI=1S/C37H24F40O13/c1-7-13(78)81-10-19(41,27(53,54)55)87-33(68,69)23(34(70,71)88-20(42,28(56,57)58)11-82-14(79)8-2,35(72,73)89-21(43,29(59,60)61)12-83-15(80)9-3)37(76,77)90-36(74,75)22(30(62,63)84-16(4,38)24(44,45)46,31(64,65)85-17(5,39)25(47,48)49)32(66,67)86-18(6,40)26(50,51)52/h7-9H,1-3,10-12H2,4-6H3. The van der Waals surface area contributed by atoms with Gasteiger partial charge in [-0.1, -0.05) is 19.7 Å². The van der Waals surface area contributed by atoms with Gasteiger partial charge < -0.3 is 14.2 Å². The monoisotopic (exact) mass is 1440 g/mol. The summed E-state index contributed by atoms with van der Waals surface area (Å²) in [6.07, 6.45) is -136. The lowest BCUT2D eigenvalue weighted by molar-refractivity contribution is -0.640. The van der Waals surface area contributed by atoms with E-state index >= 15 is 83.4 Å². The van der Waals surface area contributed by atoms with Gasteiger partial charge in [-0.15, -0.1) is 0 Å². The molecule has 0 saturated carbocycles. The van der Waals surface area contributed by atoms with Crippen molar-refractivity contribution in [3.8, 4) is 0 Å². The first-order chi connectivity index (χ1) is 38.8. The molecule has 0 heterocycles. The van der Waals surface area contributed by atoms with Crippen LogP contribution in [0.4, 0.5) is 176 Å². The molecule has 0 aromatic heterocycles. The molecular weight excluding hydrogens is 1410 g/mol. The van der Waals surface area contributed by atoms with Gasteiger partial charge in [0.25, 0.3) is 0 Å². The molecule has 0 aromatic carbocycles. The molecule has 53 heteroatoms. The molecule has 0 bridgehead atoms. The van der Waals surface area contributed by atoms with Gasteiger partial charge in [-0.05, 0) is 0 Å². The summed E-state index contributed by atoms with van der Waals surface area (Å²) in [7, 11) is 0. The van der Waals surface area contributed by atoms with Gasteiger partial charge in [0.05, 0.1) is 0 Å². The molecule has 0 aliphatic carbocycles. The molecule has 13 nitrogen and oxygen atoms in total. The summed E-state index contributed by atoms with van der Waals surface area (Å²) in [6, 6.07) is 0. The van der Waals surface area contributed by atoms with Crippen molar-refractivity contribution in [1.29, 1.82) is 0 Å². The molecule has 0 aliphatic rings. The number of rotatable bonds is 31. The van der Waals surface area contributed by atoms with Gasteiger partial charge in [-0.25, -0.2) is 27.6 Å². The number of esters is 3. The zero-order chi connectivity index (χ0) is 73.0. The first kappa shape index (κ1) is 84.5. The van der Waals surface area contributed by atoms with Crippen LogP contribution in [-0.2, 0) is 61.8 Å². The number of halogens is 40. The highest BCUT2D eigenvalue weighted by Crippen LogP contribution is 2.74. The number of ether oxygens (including phenoxy) is 10. The summed E-state index contributed by atoms with van der Waals surface area (Å²) >= 11 is 0. The Labute approximate surface area is 466 Å². The lowest BCUT2D eigenvalue weighted by Gasteiger charge is -2.54. The molecule has 0 spiro atoms. The lowest BCUT2D eigenvalue weighted by Crippen LogP contribution is -2.81. The van der Waals surface area contributed by atoms with Crippen LogP contribution < -0.4 is 0 Å². The number of carbonyl (C=O) groups is 3. The molecule has 0 aromatic rings. The molecule has 90 heavy (non-hydrogen) atoms.